The van der Waals surface area contributed by atoms with Crippen molar-refractivity contribution in [1.29, 1.82) is 0 Å². The van der Waals surface area contributed by atoms with Crippen LogP contribution in [0.2, 0.25) is 0 Å². The first-order valence-electron chi connectivity index (χ1n) is 8.33. The van der Waals surface area contributed by atoms with Gasteiger partial charge >= 0.3 is 0 Å². The van der Waals surface area contributed by atoms with Gasteiger partial charge in [-0.15, -0.1) is 11.3 Å². The minimum Gasteiger partial charge on any atom is -0.354 e. The second kappa shape index (κ2) is 7.18. The predicted molar refractivity (Wildman–Crippen MR) is 97.3 cm³/mol. The van der Waals surface area contributed by atoms with Gasteiger partial charge in [-0.05, 0) is 35.6 Å². The van der Waals surface area contributed by atoms with E-state index in [9.17, 15) is 9.59 Å². The van der Waals surface area contributed by atoms with E-state index < -0.39 is 0 Å². The molecule has 0 atom stereocenters. The number of fused-ring (bicyclic) bond motifs is 3. The first kappa shape index (κ1) is 16.7. The third-order valence-corrected chi connectivity index (χ3v) is 5.40. The van der Waals surface area contributed by atoms with Crippen LogP contribution in [0.5, 0.6) is 0 Å². The van der Waals surface area contributed by atoms with E-state index in [-0.39, 0.29) is 17.7 Å². The summed E-state index contributed by atoms with van der Waals surface area (Å²) in [5, 5.41) is 5.68. The normalized spacial score (nSPS) is 12.5. The van der Waals surface area contributed by atoms with Crippen molar-refractivity contribution in [1.82, 2.24) is 10.6 Å². The van der Waals surface area contributed by atoms with Crippen molar-refractivity contribution in [2.75, 3.05) is 13.1 Å². The predicted octanol–water partition coefficient (Wildman–Crippen LogP) is 3.02. The summed E-state index contributed by atoms with van der Waals surface area (Å²) in [6.07, 6.45) is 2.02. The molecule has 4 nitrogen and oxygen atoms in total. The van der Waals surface area contributed by atoms with Crippen molar-refractivity contribution >= 4 is 23.2 Å². The summed E-state index contributed by atoms with van der Waals surface area (Å²) in [6.45, 7) is 4.59. The van der Waals surface area contributed by atoms with Crippen LogP contribution in [-0.4, -0.2) is 24.9 Å². The quantitative estimate of drug-likeness (QED) is 0.821. The molecule has 2 N–H and O–H groups in total. The molecule has 5 heteroatoms. The van der Waals surface area contributed by atoms with E-state index >= 15 is 0 Å². The molecule has 1 aromatic heterocycles. The SMILES string of the molecule is CC(C)C(=O)NCCNC(=O)c1cc2c(s1)-c1ccccc1CC2. The lowest BCUT2D eigenvalue weighted by atomic mass is 9.91. The van der Waals surface area contributed by atoms with Gasteiger partial charge in [0.05, 0.1) is 4.88 Å². The zero-order valence-corrected chi connectivity index (χ0v) is 14.8. The van der Waals surface area contributed by atoms with Crippen LogP contribution in [0.25, 0.3) is 10.4 Å². The molecule has 24 heavy (non-hydrogen) atoms. The second-order valence-corrected chi connectivity index (χ2v) is 7.38. The molecule has 1 aliphatic carbocycles. The van der Waals surface area contributed by atoms with Gasteiger partial charge in [-0.3, -0.25) is 9.59 Å². The van der Waals surface area contributed by atoms with Gasteiger partial charge in [0.15, 0.2) is 0 Å². The van der Waals surface area contributed by atoms with Crippen molar-refractivity contribution in [2.24, 2.45) is 5.92 Å². The third-order valence-electron chi connectivity index (χ3n) is 4.19. The van der Waals surface area contributed by atoms with Gasteiger partial charge in [-0.2, -0.15) is 0 Å². The summed E-state index contributed by atoms with van der Waals surface area (Å²) in [5.74, 6) is -0.0945. The molecule has 2 amide bonds. The van der Waals surface area contributed by atoms with Gasteiger partial charge in [0.25, 0.3) is 5.91 Å². The maximum absolute atomic E-state index is 12.3. The highest BCUT2D eigenvalue weighted by Crippen LogP contribution is 2.39. The number of thiophene rings is 1. The summed E-state index contributed by atoms with van der Waals surface area (Å²) < 4.78 is 0. The molecule has 0 unspecified atom stereocenters. The molecular formula is C19H22N2O2S. The molecule has 0 fully saturated rings. The Bertz CT molecular complexity index is 764. The van der Waals surface area contributed by atoms with E-state index in [2.05, 4.69) is 28.8 Å². The van der Waals surface area contributed by atoms with Gasteiger partial charge in [0.1, 0.15) is 0 Å². The van der Waals surface area contributed by atoms with Crippen LogP contribution in [0.4, 0.5) is 0 Å². The zero-order valence-electron chi connectivity index (χ0n) is 14.0. The van der Waals surface area contributed by atoms with Crippen LogP contribution in [-0.2, 0) is 17.6 Å². The van der Waals surface area contributed by atoms with Crippen LogP contribution < -0.4 is 10.6 Å². The maximum atomic E-state index is 12.3. The van der Waals surface area contributed by atoms with Crippen molar-refractivity contribution < 1.29 is 9.59 Å². The fourth-order valence-corrected chi connectivity index (χ4v) is 4.02. The molecule has 0 radical (unpaired) electrons. The first-order valence-corrected chi connectivity index (χ1v) is 9.15. The summed E-state index contributed by atoms with van der Waals surface area (Å²) in [4.78, 5) is 25.8. The van der Waals surface area contributed by atoms with Gasteiger partial charge in [-0.25, -0.2) is 0 Å². The molecule has 0 aliphatic heterocycles. The Morgan fingerprint density at radius 3 is 2.58 bits per heavy atom. The zero-order chi connectivity index (χ0) is 17.1. The minimum absolute atomic E-state index is 0.00689. The van der Waals surface area contributed by atoms with E-state index in [1.165, 1.54) is 21.6 Å². The van der Waals surface area contributed by atoms with Gasteiger partial charge in [0.2, 0.25) is 5.91 Å². The van der Waals surface area contributed by atoms with E-state index in [1.807, 2.05) is 26.0 Å². The number of benzene rings is 1. The molecule has 0 bridgehead atoms. The van der Waals surface area contributed by atoms with E-state index in [0.29, 0.717) is 13.1 Å². The Hall–Kier alpha value is -2.14. The fourth-order valence-electron chi connectivity index (χ4n) is 2.84. The lowest BCUT2D eigenvalue weighted by Crippen LogP contribution is -2.36. The van der Waals surface area contributed by atoms with Gasteiger partial charge < -0.3 is 10.6 Å². The number of hydrogen-bond acceptors (Lipinski definition) is 3. The number of hydrogen-bond donors (Lipinski definition) is 2. The second-order valence-electron chi connectivity index (χ2n) is 6.32. The molecule has 1 aliphatic rings. The number of nitrogens with one attached hydrogen (secondary N) is 2. The van der Waals surface area contributed by atoms with E-state index in [0.717, 1.165) is 17.7 Å². The van der Waals surface area contributed by atoms with Crippen molar-refractivity contribution in [3.8, 4) is 10.4 Å². The molecular weight excluding hydrogens is 320 g/mol. The Labute approximate surface area is 146 Å². The Balaban J connectivity index is 1.62. The summed E-state index contributed by atoms with van der Waals surface area (Å²) in [5.41, 5.74) is 3.87. The Kier molecular flexibility index (Phi) is 5.00. The summed E-state index contributed by atoms with van der Waals surface area (Å²) in [6, 6.07) is 10.4. The highest BCUT2D eigenvalue weighted by atomic mass is 32.1. The summed E-state index contributed by atoms with van der Waals surface area (Å²) >= 11 is 1.56. The average Bonchev–Trinajstić information content (AvgIpc) is 3.03. The average molecular weight is 342 g/mol. The highest BCUT2D eigenvalue weighted by Gasteiger charge is 2.21. The van der Waals surface area contributed by atoms with Gasteiger partial charge in [-0.1, -0.05) is 38.1 Å². The van der Waals surface area contributed by atoms with E-state index in [4.69, 9.17) is 0 Å². The lowest BCUT2D eigenvalue weighted by Gasteiger charge is -2.15. The number of carbonyl (C=O) groups is 2. The number of carbonyl (C=O) groups excluding carboxylic acids is 2. The standard InChI is InChI=1S/C19H22N2O2S/c1-12(2)18(22)20-9-10-21-19(23)16-11-14-8-7-13-5-3-4-6-15(13)17(14)24-16/h3-6,11-12H,7-10H2,1-2H3,(H,20,22)(H,21,23). The molecule has 1 aromatic carbocycles. The molecule has 126 valence electrons. The number of amides is 2. The van der Waals surface area contributed by atoms with Crippen LogP contribution in [0.3, 0.4) is 0 Å². The monoisotopic (exact) mass is 342 g/mol. The molecule has 0 saturated heterocycles. The molecule has 1 heterocycles. The lowest BCUT2D eigenvalue weighted by molar-refractivity contribution is -0.123. The smallest absolute Gasteiger partial charge is 0.261 e. The van der Waals surface area contributed by atoms with Crippen LogP contribution in [0.15, 0.2) is 30.3 Å². The Morgan fingerprint density at radius 1 is 1.08 bits per heavy atom. The fraction of sp³-hybridized carbons (Fsp3) is 0.368. The highest BCUT2D eigenvalue weighted by molar-refractivity contribution is 7.17. The van der Waals surface area contributed by atoms with Crippen LogP contribution in [0.1, 0.15) is 34.6 Å². The van der Waals surface area contributed by atoms with Crippen molar-refractivity contribution in [3.63, 3.8) is 0 Å². The van der Waals surface area contributed by atoms with Crippen LogP contribution >= 0.6 is 11.3 Å². The maximum Gasteiger partial charge on any atom is 0.261 e. The number of aryl methyl sites for hydroxylation is 2. The summed E-state index contributed by atoms with van der Waals surface area (Å²) in [7, 11) is 0. The van der Waals surface area contributed by atoms with Crippen molar-refractivity contribution in [2.45, 2.75) is 26.7 Å². The van der Waals surface area contributed by atoms with Crippen molar-refractivity contribution in [3.05, 3.63) is 46.3 Å². The molecule has 2 aromatic rings. The number of rotatable bonds is 5. The minimum atomic E-state index is -0.0642. The van der Waals surface area contributed by atoms with E-state index in [1.54, 1.807) is 11.3 Å². The topological polar surface area (TPSA) is 58.2 Å². The largest absolute Gasteiger partial charge is 0.354 e. The van der Waals surface area contributed by atoms with Gasteiger partial charge in [0, 0.05) is 23.9 Å². The molecule has 0 spiro atoms. The molecule has 0 saturated carbocycles. The first-order chi connectivity index (χ1) is 11.6. The third kappa shape index (κ3) is 3.51. The van der Waals surface area contributed by atoms with Crippen LogP contribution in [0, 0.1) is 5.92 Å². The molecule has 3 rings (SSSR count). The Morgan fingerprint density at radius 2 is 1.79 bits per heavy atom.